The number of thiophene rings is 1. The predicted octanol–water partition coefficient (Wildman–Crippen LogP) is 2.64. The van der Waals surface area contributed by atoms with E-state index in [1.54, 1.807) is 11.3 Å². The quantitative estimate of drug-likeness (QED) is 0.855. The summed E-state index contributed by atoms with van der Waals surface area (Å²) in [5.74, 6) is 0.0495. The Morgan fingerprint density at radius 3 is 3.17 bits per heavy atom. The molecule has 6 heteroatoms. The van der Waals surface area contributed by atoms with Crippen LogP contribution >= 0.6 is 11.3 Å². The Kier molecular flexibility index (Phi) is 5.13. The Hall–Kier alpha value is -1.66. The predicted molar refractivity (Wildman–Crippen MR) is 92.3 cm³/mol. The Bertz CT molecular complexity index is 650. The molecule has 0 aromatic carbocycles. The van der Waals surface area contributed by atoms with Crippen molar-refractivity contribution in [1.29, 1.82) is 0 Å². The number of amides is 1. The molecule has 5 nitrogen and oxygen atoms in total. The second-order valence-electron chi connectivity index (χ2n) is 5.99. The van der Waals surface area contributed by atoms with Crippen molar-refractivity contribution < 1.29 is 4.79 Å². The summed E-state index contributed by atoms with van der Waals surface area (Å²) in [7, 11) is 0. The lowest BCUT2D eigenvalue weighted by Crippen LogP contribution is -2.44. The number of aromatic nitrogens is 2. The minimum atomic E-state index is -0.212. The fourth-order valence-corrected chi connectivity index (χ4v) is 3.83. The van der Waals surface area contributed by atoms with Crippen LogP contribution in [0.1, 0.15) is 48.9 Å². The van der Waals surface area contributed by atoms with E-state index in [-0.39, 0.29) is 18.0 Å². The normalized spacial score (nSPS) is 18.4. The molecule has 124 valence electrons. The average Bonchev–Trinajstić information content (AvgIpc) is 3.22. The largest absolute Gasteiger partial charge is 0.350 e. The molecule has 0 bridgehead atoms. The van der Waals surface area contributed by atoms with Gasteiger partial charge in [0.05, 0.1) is 18.8 Å². The molecule has 0 saturated carbocycles. The maximum atomic E-state index is 12.3. The number of nitrogens with zero attached hydrogens (tertiary/aromatic N) is 2. The van der Waals surface area contributed by atoms with Crippen LogP contribution in [0, 0.1) is 0 Å². The van der Waals surface area contributed by atoms with E-state index in [4.69, 9.17) is 0 Å². The van der Waals surface area contributed by atoms with Crippen molar-refractivity contribution in [2.24, 2.45) is 0 Å². The summed E-state index contributed by atoms with van der Waals surface area (Å²) in [4.78, 5) is 13.5. The summed E-state index contributed by atoms with van der Waals surface area (Å²) in [6, 6.07) is 4.05. The molecule has 1 amide bonds. The van der Waals surface area contributed by atoms with E-state index in [1.165, 1.54) is 16.1 Å². The van der Waals surface area contributed by atoms with Gasteiger partial charge in [-0.25, -0.2) is 0 Å². The zero-order valence-electron chi connectivity index (χ0n) is 13.7. The van der Waals surface area contributed by atoms with Gasteiger partial charge in [-0.05, 0) is 44.6 Å². The summed E-state index contributed by atoms with van der Waals surface area (Å²) in [5, 5.41) is 13.0. The zero-order chi connectivity index (χ0) is 16.2. The Morgan fingerprint density at radius 1 is 1.57 bits per heavy atom. The topological polar surface area (TPSA) is 59.0 Å². The van der Waals surface area contributed by atoms with Crippen molar-refractivity contribution in [2.75, 3.05) is 0 Å². The highest BCUT2D eigenvalue weighted by Crippen LogP contribution is 2.29. The van der Waals surface area contributed by atoms with E-state index in [9.17, 15) is 4.79 Å². The molecule has 0 spiro atoms. The first-order chi connectivity index (χ1) is 11.2. The molecule has 2 aromatic heterocycles. The number of hydrogen-bond donors (Lipinski definition) is 2. The van der Waals surface area contributed by atoms with Gasteiger partial charge in [0.1, 0.15) is 0 Å². The van der Waals surface area contributed by atoms with Crippen LogP contribution in [-0.2, 0) is 24.3 Å². The maximum Gasteiger partial charge on any atom is 0.237 e. The lowest BCUT2D eigenvalue weighted by Gasteiger charge is -2.27. The number of hydrogen-bond acceptors (Lipinski definition) is 4. The highest BCUT2D eigenvalue weighted by molar-refractivity contribution is 7.09. The first-order valence-corrected chi connectivity index (χ1v) is 9.17. The van der Waals surface area contributed by atoms with Crippen molar-refractivity contribution >= 4 is 17.2 Å². The lowest BCUT2D eigenvalue weighted by atomic mass is 9.92. The van der Waals surface area contributed by atoms with Crippen LogP contribution in [0.15, 0.2) is 23.7 Å². The third kappa shape index (κ3) is 3.64. The molecule has 2 aromatic rings. The molecule has 0 radical (unpaired) electrons. The number of carbonyl (C=O) groups is 1. The molecule has 0 aliphatic heterocycles. The minimum Gasteiger partial charge on any atom is -0.350 e. The standard InChI is InChI=1S/C17H24N4OS/c1-3-21-16-8-4-7-15(14(16)11-19-21)20-12(2)17(22)18-10-13-6-5-9-23-13/h5-6,9,11-12,15,20H,3-4,7-8,10H2,1-2H3,(H,18,22)/t12-,15+/m1/s1. The van der Waals surface area contributed by atoms with Gasteiger partial charge < -0.3 is 5.32 Å². The molecule has 2 N–H and O–H groups in total. The molecular formula is C17H24N4OS. The zero-order valence-corrected chi connectivity index (χ0v) is 14.5. The first-order valence-electron chi connectivity index (χ1n) is 8.29. The van der Waals surface area contributed by atoms with Gasteiger partial charge >= 0.3 is 0 Å². The Balaban J connectivity index is 1.59. The van der Waals surface area contributed by atoms with E-state index < -0.39 is 0 Å². The van der Waals surface area contributed by atoms with Crippen molar-refractivity contribution in [3.63, 3.8) is 0 Å². The number of nitrogens with one attached hydrogen (secondary N) is 2. The van der Waals surface area contributed by atoms with Crippen molar-refractivity contribution in [2.45, 2.75) is 58.3 Å². The lowest BCUT2D eigenvalue weighted by molar-refractivity contribution is -0.123. The van der Waals surface area contributed by atoms with Gasteiger partial charge in [-0.2, -0.15) is 5.10 Å². The monoisotopic (exact) mass is 332 g/mol. The molecule has 1 aliphatic carbocycles. The third-order valence-electron chi connectivity index (χ3n) is 4.42. The van der Waals surface area contributed by atoms with Gasteiger partial charge in [0.15, 0.2) is 0 Å². The fourth-order valence-electron chi connectivity index (χ4n) is 3.18. The second-order valence-corrected chi connectivity index (χ2v) is 7.02. The molecule has 0 fully saturated rings. The summed E-state index contributed by atoms with van der Waals surface area (Å²) in [6.07, 6.45) is 5.25. The minimum absolute atomic E-state index is 0.0495. The summed E-state index contributed by atoms with van der Waals surface area (Å²) in [5.41, 5.74) is 2.58. The van der Waals surface area contributed by atoms with Gasteiger partial charge in [-0.1, -0.05) is 6.07 Å². The molecule has 2 heterocycles. The fraction of sp³-hybridized carbons (Fsp3) is 0.529. The SMILES string of the molecule is CCn1ncc2c1CCC[C@@H]2N[C@H](C)C(=O)NCc1cccs1. The van der Waals surface area contributed by atoms with Crippen molar-refractivity contribution in [3.05, 3.63) is 39.8 Å². The van der Waals surface area contributed by atoms with Gasteiger partial charge in [0.25, 0.3) is 0 Å². The van der Waals surface area contributed by atoms with Crippen LogP contribution in [0.2, 0.25) is 0 Å². The number of fused-ring (bicyclic) bond motifs is 1. The summed E-state index contributed by atoms with van der Waals surface area (Å²) >= 11 is 1.66. The van der Waals surface area contributed by atoms with E-state index in [1.807, 2.05) is 30.6 Å². The van der Waals surface area contributed by atoms with Crippen LogP contribution in [-0.4, -0.2) is 21.7 Å². The molecule has 0 unspecified atom stereocenters. The van der Waals surface area contributed by atoms with Crippen LogP contribution in [0.5, 0.6) is 0 Å². The average molecular weight is 332 g/mol. The van der Waals surface area contributed by atoms with E-state index in [2.05, 4.69) is 27.3 Å². The molecule has 3 rings (SSSR count). The van der Waals surface area contributed by atoms with Gasteiger partial charge in [-0.15, -0.1) is 11.3 Å². The van der Waals surface area contributed by atoms with Crippen molar-refractivity contribution in [1.82, 2.24) is 20.4 Å². The number of rotatable bonds is 6. The molecular weight excluding hydrogens is 308 g/mol. The molecule has 23 heavy (non-hydrogen) atoms. The van der Waals surface area contributed by atoms with E-state index in [0.717, 1.165) is 25.8 Å². The van der Waals surface area contributed by atoms with Gasteiger partial charge in [-0.3, -0.25) is 14.8 Å². The van der Waals surface area contributed by atoms with Gasteiger partial charge in [0.2, 0.25) is 5.91 Å². The molecule has 0 saturated heterocycles. The first kappa shape index (κ1) is 16.2. The van der Waals surface area contributed by atoms with Gasteiger partial charge in [0, 0.05) is 28.7 Å². The Labute approximate surface area is 141 Å². The number of carbonyl (C=O) groups excluding carboxylic acids is 1. The van der Waals surface area contributed by atoms with Crippen LogP contribution in [0.25, 0.3) is 0 Å². The van der Waals surface area contributed by atoms with E-state index in [0.29, 0.717) is 6.54 Å². The Morgan fingerprint density at radius 2 is 2.43 bits per heavy atom. The van der Waals surface area contributed by atoms with Crippen molar-refractivity contribution in [3.8, 4) is 0 Å². The summed E-state index contributed by atoms with van der Waals surface area (Å²) < 4.78 is 2.07. The second kappa shape index (κ2) is 7.27. The maximum absolute atomic E-state index is 12.3. The van der Waals surface area contributed by atoms with Crippen LogP contribution in [0.3, 0.4) is 0 Å². The number of aryl methyl sites for hydroxylation is 1. The summed E-state index contributed by atoms with van der Waals surface area (Å²) in [6.45, 7) is 5.55. The highest BCUT2D eigenvalue weighted by atomic mass is 32.1. The highest BCUT2D eigenvalue weighted by Gasteiger charge is 2.26. The molecule has 2 atom stereocenters. The smallest absolute Gasteiger partial charge is 0.237 e. The van der Waals surface area contributed by atoms with Crippen LogP contribution in [0.4, 0.5) is 0 Å². The molecule has 1 aliphatic rings. The third-order valence-corrected chi connectivity index (χ3v) is 5.30. The van der Waals surface area contributed by atoms with Crippen LogP contribution < -0.4 is 10.6 Å². The van der Waals surface area contributed by atoms with E-state index >= 15 is 0 Å².